The van der Waals surface area contributed by atoms with Gasteiger partial charge in [0.15, 0.2) is 5.17 Å². The summed E-state index contributed by atoms with van der Waals surface area (Å²) in [5.74, 6) is 3.19. The van der Waals surface area contributed by atoms with E-state index in [-0.39, 0.29) is 0 Å². The second kappa shape index (κ2) is 4.59. The standard InChI is InChI=1S/C13H22N2S/c1-9(7-10-5-6-10)14-13-15-12-4-2-3-11(12)8-16-13/h9-12H,2-8H2,1H3,(H,14,15). The Morgan fingerprint density at radius 1 is 1.38 bits per heavy atom. The molecule has 2 aliphatic carbocycles. The van der Waals surface area contributed by atoms with Crippen LogP contribution in [0.4, 0.5) is 0 Å². The van der Waals surface area contributed by atoms with Gasteiger partial charge in [-0.25, -0.2) is 0 Å². The van der Waals surface area contributed by atoms with E-state index in [4.69, 9.17) is 4.99 Å². The summed E-state index contributed by atoms with van der Waals surface area (Å²) in [4.78, 5) is 4.88. The molecule has 0 aromatic heterocycles. The van der Waals surface area contributed by atoms with E-state index in [1.54, 1.807) is 0 Å². The van der Waals surface area contributed by atoms with Gasteiger partial charge in [0.2, 0.25) is 0 Å². The van der Waals surface area contributed by atoms with Crippen molar-refractivity contribution in [1.29, 1.82) is 0 Å². The van der Waals surface area contributed by atoms with Crippen LogP contribution in [0.3, 0.4) is 0 Å². The number of aliphatic imine (C=N–C) groups is 1. The van der Waals surface area contributed by atoms with Crippen LogP contribution in [0, 0.1) is 11.8 Å². The van der Waals surface area contributed by atoms with Gasteiger partial charge in [-0.3, -0.25) is 4.99 Å². The predicted octanol–water partition coefficient (Wildman–Crippen LogP) is 3.04. The molecule has 0 aromatic rings. The molecule has 2 fully saturated rings. The second-order valence-corrected chi connectivity index (χ2v) is 6.74. The van der Waals surface area contributed by atoms with Crippen LogP contribution in [0.25, 0.3) is 0 Å². The molecule has 0 bridgehead atoms. The summed E-state index contributed by atoms with van der Waals surface area (Å²) in [5, 5.41) is 4.85. The van der Waals surface area contributed by atoms with Crippen molar-refractivity contribution in [2.75, 3.05) is 5.75 Å². The highest BCUT2D eigenvalue weighted by molar-refractivity contribution is 8.13. The topological polar surface area (TPSA) is 24.4 Å². The molecule has 3 unspecified atom stereocenters. The third-order valence-corrected chi connectivity index (χ3v) is 5.18. The molecule has 0 spiro atoms. The van der Waals surface area contributed by atoms with Crippen molar-refractivity contribution in [3.8, 4) is 0 Å². The van der Waals surface area contributed by atoms with E-state index in [0.29, 0.717) is 12.1 Å². The van der Waals surface area contributed by atoms with Gasteiger partial charge in [-0.1, -0.05) is 31.0 Å². The molecular weight excluding hydrogens is 216 g/mol. The van der Waals surface area contributed by atoms with Crippen molar-refractivity contribution in [2.24, 2.45) is 16.8 Å². The smallest absolute Gasteiger partial charge is 0.157 e. The summed E-state index contributed by atoms with van der Waals surface area (Å²) < 4.78 is 0. The fourth-order valence-corrected chi connectivity index (χ4v) is 4.21. The SMILES string of the molecule is CC(CC1CC1)NC1=NC2CCCC2CS1. The Morgan fingerprint density at radius 3 is 3.06 bits per heavy atom. The molecule has 3 rings (SSSR count). The molecule has 1 aliphatic heterocycles. The average molecular weight is 238 g/mol. The molecule has 3 heteroatoms. The summed E-state index contributed by atoms with van der Waals surface area (Å²) in [6.45, 7) is 2.31. The zero-order valence-electron chi connectivity index (χ0n) is 10.1. The maximum absolute atomic E-state index is 4.88. The van der Waals surface area contributed by atoms with Crippen LogP contribution < -0.4 is 5.32 Å². The number of nitrogens with one attached hydrogen (secondary N) is 1. The molecule has 1 N–H and O–H groups in total. The quantitative estimate of drug-likeness (QED) is 0.817. The number of fused-ring (bicyclic) bond motifs is 1. The fourth-order valence-electron chi connectivity index (χ4n) is 2.96. The van der Waals surface area contributed by atoms with Gasteiger partial charge in [0.05, 0.1) is 6.04 Å². The van der Waals surface area contributed by atoms with E-state index in [1.807, 2.05) is 11.8 Å². The van der Waals surface area contributed by atoms with Crippen molar-refractivity contribution in [1.82, 2.24) is 5.32 Å². The molecule has 90 valence electrons. The van der Waals surface area contributed by atoms with Crippen LogP contribution in [0.2, 0.25) is 0 Å². The summed E-state index contributed by atoms with van der Waals surface area (Å²) in [5.41, 5.74) is 0. The Balaban J connectivity index is 1.53. The molecule has 3 atom stereocenters. The van der Waals surface area contributed by atoms with Crippen molar-refractivity contribution in [3.63, 3.8) is 0 Å². The van der Waals surface area contributed by atoms with Gasteiger partial charge in [-0.15, -0.1) is 0 Å². The average Bonchev–Trinajstić information content (AvgIpc) is 2.95. The van der Waals surface area contributed by atoms with E-state index in [9.17, 15) is 0 Å². The van der Waals surface area contributed by atoms with Crippen LogP contribution in [0.1, 0.15) is 45.4 Å². The minimum Gasteiger partial charge on any atom is -0.362 e. The summed E-state index contributed by atoms with van der Waals surface area (Å²) >= 11 is 1.95. The van der Waals surface area contributed by atoms with Crippen molar-refractivity contribution in [2.45, 2.75) is 57.5 Å². The zero-order chi connectivity index (χ0) is 11.0. The van der Waals surface area contributed by atoms with E-state index in [2.05, 4.69) is 12.2 Å². The van der Waals surface area contributed by atoms with Gasteiger partial charge < -0.3 is 5.32 Å². The lowest BCUT2D eigenvalue weighted by Gasteiger charge is -2.25. The minimum absolute atomic E-state index is 0.622. The maximum Gasteiger partial charge on any atom is 0.157 e. The molecule has 0 saturated heterocycles. The highest BCUT2D eigenvalue weighted by atomic mass is 32.2. The predicted molar refractivity (Wildman–Crippen MR) is 71.0 cm³/mol. The molecule has 1 heterocycles. The van der Waals surface area contributed by atoms with Crippen LogP contribution >= 0.6 is 11.8 Å². The van der Waals surface area contributed by atoms with Gasteiger partial charge >= 0.3 is 0 Å². The molecule has 3 aliphatic rings. The molecule has 0 aromatic carbocycles. The molecule has 0 radical (unpaired) electrons. The molecule has 16 heavy (non-hydrogen) atoms. The summed E-state index contributed by atoms with van der Waals surface area (Å²) in [6, 6.07) is 1.27. The second-order valence-electron chi connectivity index (χ2n) is 5.73. The van der Waals surface area contributed by atoms with Gasteiger partial charge in [-0.05, 0) is 38.0 Å². The number of hydrogen-bond donors (Lipinski definition) is 1. The third-order valence-electron chi connectivity index (χ3n) is 4.09. The van der Waals surface area contributed by atoms with Crippen LogP contribution in [-0.2, 0) is 0 Å². The first-order valence-corrected chi connectivity index (χ1v) is 7.77. The molecule has 2 nitrogen and oxygen atoms in total. The van der Waals surface area contributed by atoms with Gasteiger partial charge in [0, 0.05) is 11.8 Å². The summed E-state index contributed by atoms with van der Waals surface area (Å²) in [6.07, 6.45) is 8.38. The Bertz CT molecular complexity index is 286. The van der Waals surface area contributed by atoms with Gasteiger partial charge in [0.1, 0.15) is 0 Å². The lowest BCUT2D eigenvalue weighted by Crippen LogP contribution is -2.35. The zero-order valence-corrected chi connectivity index (χ0v) is 10.9. The first-order chi connectivity index (χ1) is 7.81. The Hall–Kier alpha value is -0.180. The van der Waals surface area contributed by atoms with Crippen LogP contribution in [-0.4, -0.2) is 23.0 Å². The van der Waals surface area contributed by atoms with E-state index >= 15 is 0 Å². The van der Waals surface area contributed by atoms with Crippen molar-refractivity contribution >= 4 is 16.9 Å². The van der Waals surface area contributed by atoms with Gasteiger partial charge in [-0.2, -0.15) is 0 Å². The van der Waals surface area contributed by atoms with E-state index in [0.717, 1.165) is 11.8 Å². The Morgan fingerprint density at radius 2 is 2.25 bits per heavy atom. The first kappa shape index (κ1) is 10.9. The highest BCUT2D eigenvalue weighted by Gasteiger charge is 2.31. The van der Waals surface area contributed by atoms with E-state index < -0.39 is 0 Å². The first-order valence-electron chi connectivity index (χ1n) is 6.78. The normalized spacial score (nSPS) is 35.4. The summed E-state index contributed by atoms with van der Waals surface area (Å²) in [7, 11) is 0. The lowest BCUT2D eigenvalue weighted by atomic mass is 10.1. The molecule has 0 amide bonds. The third kappa shape index (κ3) is 2.55. The Labute approximate surface area is 103 Å². The number of nitrogens with zero attached hydrogens (tertiary/aromatic N) is 1. The van der Waals surface area contributed by atoms with Crippen LogP contribution in [0.5, 0.6) is 0 Å². The monoisotopic (exact) mass is 238 g/mol. The van der Waals surface area contributed by atoms with Crippen LogP contribution in [0.15, 0.2) is 4.99 Å². The number of thioether (sulfide) groups is 1. The highest BCUT2D eigenvalue weighted by Crippen LogP contribution is 2.36. The maximum atomic E-state index is 4.88. The van der Waals surface area contributed by atoms with Crippen molar-refractivity contribution < 1.29 is 0 Å². The largest absolute Gasteiger partial charge is 0.362 e. The minimum atomic E-state index is 0.622. The van der Waals surface area contributed by atoms with E-state index in [1.165, 1.54) is 49.4 Å². The molecular formula is C13H22N2S. The molecule has 2 saturated carbocycles. The Kier molecular flexibility index (Phi) is 3.14. The number of amidine groups is 1. The lowest BCUT2D eigenvalue weighted by molar-refractivity contribution is 0.523. The van der Waals surface area contributed by atoms with Gasteiger partial charge in [0.25, 0.3) is 0 Å². The van der Waals surface area contributed by atoms with Crippen molar-refractivity contribution in [3.05, 3.63) is 0 Å². The number of hydrogen-bond acceptors (Lipinski definition) is 3. The fraction of sp³-hybridized carbons (Fsp3) is 0.923. The number of rotatable bonds is 3.